The Morgan fingerprint density at radius 2 is 1.91 bits per heavy atom. The summed E-state index contributed by atoms with van der Waals surface area (Å²) in [4.78, 5) is 22.7. The van der Waals surface area contributed by atoms with E-state index in [1.807, 2.05) is 18.2 Å². The fourth-order valence-corrected chi connectivity index (χ4v) is 2.09. The van der Waals surface area contributed by atoms with Gasteiger partial charge in [-0.05, 0) is 29.7 Å². The van der Waals surface area contributed by atoms with Crippen molar-refractivity contribution >= 4 is 11.9 Å². The highest BCUT2D eigenvalue weighted by atomic mass is 16.4. The molecular weight excluding hydrogens is 294 g/mol. The maximum Gasteiger partial charge on any atom is 0.308 e. The number of carbonyl (C=O) groups is 2. The SMILES string of the molecule is CC(CNC(=O)c1ccc(-c2cccc(C(C)C)c2)o1)C(=O)O. The Balaban J connectivity index is 2.10. The molecule has 122 valence electrons. The van der Waals surface area contributed by atoms with Crippen LogP contribution in [0.25, 0.3) is 11.3 Å². The zero-order valence-electron chi connectivity index (χ0n) is 13.5. The minimum atomic E-state index is -0.948. The smallest absolute Gasteiger partial charge is 0.308 e. The summed E-state index contributed by atoms with van der Waals surface area (Å²) in [5.41, 5.74) is 2.11. The van der Waals surface area contributed by atoms with E-state index >= 15 is 0 Å². The molecule has 1 atom stereocenters. The fraction of sp³-hybridized carbons (Fsp3) is 0.333. The first-order chi connectivity index (χ1) is 10.9. The Morgan fingerprint density at radius 3 is 2.57 bits per heavy atom. The van der Waals surface area contributed by atoms with Crippen molar-refractivity contribution in [3.63, 3.8) is 0 Å². The Morgan fingerprint density at radius 1 is 1.17 bits per heavy atom. The largest absolute Gasteiger partial charge is 0.481 e. The van der Waals surface area contributed by atoms with Crippen LogP contribution >= 0.6 is 0 Å². The van der Waals surface area contributed by atoms with E-state index in [1.54, 1.807) is 12.1 Å². The molecule has 0 radical (unpaired) electrons. The lowest BCUT2D eigenvalue weighted by Gasteiger charge is -2.07. The normalized spacial score (nSPS) is 12.2. The maximum atomic E-state index is 12.0. The fourth-order valence-electron chi connectivity index (χ4n) is 2.09. The molecule has 1 unspecified atom stereocenters. The Bertz CT molecular complexity index is 703. The molecule has 0 fully saturated rings. The summed E-state index contributed by atoms with van der Waals surface area (Å²) in [5.74, 6) is -0.807. The van der Waals surface area contributed by atoms with Crippen molar-refractivity contribution in [2.45, 2.75) is 26.7 Å². The molecule has 0 saturated heterocycles. The zero-order valence-corrected chi connectivity index (χ0v) is 13.5. The van der Waals surface area contributed by atoms with Crippen LogP contribution in [0.4, 0.5) is 0 Å². The molecule has 1 heterocycles. The van der Waals surface area contributed by atoms with Gasteiger partial charge >= 0.3 is 5.97 Å². The third-order valence-electron chi connectivity index (χ3n) is 3.66. The van der Waals surface area contributed by atoms with Crippen molar-refractivity contribution in [1.29, 1.82) is 0 Å². The van der Waals surface area contributed by atoms with E-state index < -0.39 is 17.8 Å². The molecule has 2 N–H and O–H groups in total. The second-order valence-corrected chi connectivity index (χ2v) is 5.89. The first-order valence-electron chi connectivity index (χ1n) is 7.59. The third-order valence-corrected chi connectivity index (χ3v) is 3.66. The van der Waals surface area contributed by atoms with Crippen molar-refractivity contribution in [2.24, 2.45) is 5.92 Å². The minimum Gasteiger partial charge on any atom is -0.481 e. The lowest BCUT2D eigenvalue weighted by molar-refractivity contribution is -0.140. The second-order valence-electron chi connectivity index (χ2n) is 5.89. The number of carboxylic acids is 1. The predicted molar refractivity (Wildman–Crippen MR) is 87.4 cm³/mol. The van der Waals surface area contributed by atoms with Crippen molar-refractivity contribution in [1.82, 2.24) is 5.32 Å². The average Bonchev–Trinajstić information content (AvgIpc) is 3.02. The Labute approximate surface area is 135 Å². The molecule has 5 nitrogen and oxygen atoms in total. The quantitative estimate of drug-likeness (QED) is 0.854. The van der Waals surface area contributed by atoms with E-state index in [9.17, 15) is 9.59 Å². The van der Waals surface area contributed by atoms with Crippen LogP contribution in [-0.2, 0) is 4.79 Å². The molecule has 1 aromatic carbocycles. The molecule has 0 aliphatic rings. The highest BCUT2D eigenvalue weighted by Gasteiger charge is 2.16. The summed E-state index contributed by atoms with van der Waals surface area (Å²) in [6.07, 6.45) is 0. The van der Waals surface area contributed by atoms with E-state index in [2.05, 4.69) is 25.2 Å². The number of amides is 1. The topological polar surface area (TPSA) is 79.5 Å². The van der Waals surface area contributed by atoms with E-state index in [0.717, 1.165) is 5.56 Å². The van der Waals surface area contributed by atoms with E-state index in [0.29, 0.717) is 11.7 Å². The van der Waals surface area contributed by atoms with Crippen LogP contribution in [0.5, 0.6) is 0 Å². The van der Waals surface area contributed by atoms with Gasteiger partial charge in [0, 0.05) is 12.1 Å². The van der Waals surface area contributed by atoms with Gasteiger partial charge in [0.15, 0.2) is 5.76 Å². The molecule has 2 rings (SSSR count). The van der Waals surface area contributed by atoms with Crippen molar-refractivity contribution < 1.29 is 19.1 Å². The van der Waals surface area contributed by atoms with Crippen molar-refractivity contribution in [3.8, 4) is 11.3 Å². The van der Waals surface area contributed by atoms with E-state index in [1.165, 1.54) is 12.5 Å². The monoisotopic (exact) mass is 315 g/mol. The van der Waals surface area contributed by atoms with Crippen LogP contribution < -0.4 is 5.32 Å². The standard InChI is InChI=1S/C18H21NO4/c1-11(2)13-5-4-6-14(9-13)15-7-8-16(23-15)17(20)19-10-12(3)18(21)22/h4-9,11-12H,10H2,1-3H3,(H,19,20)(H,21,22). The number of rotatable bonds is 6. The summed E-state index contributed by atoms with van der Waals surface area (Å²) >= 11 is 0. The van der Waals surface area contributed by atoms with Crippen molar-refractivity contribution in [2.75, 3.05) is 6.54 Å². The number of carbonyl (C=O) groups excluding carboxylic acids is 1. The number of benzene rings is 1. The van der Waals surface area contributed by atoms with Gasteiger partial charge in [0.1, 0.15) is 5.76 Å². The molecule has 0 spiro atoms. The predicted octanol–water partition coefficient (Wildman–Crippen LogP) is 3.52. The zero-order chi connectivity index (χ0) is 17.0. The molecule has 2 aromatic rings. The molecule has 0 aliphatic heterocycles. The molecule has 0 saturated carbocycles. The van der Waals surface area contributed by atoms with Gasteiger partial charge in [-0.15, -0.1) is 0 Å². The molecule has 1 aromatic heterocycles. The number of carboxylic acid groups (broad SMARTS) is 1. The first kappa shape index (κ1) is 16.8. The molecular formula is C18H21NO4. The lowest BCUT2D eigenvalue weighted by atomic mass is 10.0. The summed E-state index contributed by atoms with van der Waals surface area (Å²) in [6, 6.07) is 11.3. The third kappa shape index (κ3) is 4.22. The average molecular weight is 315 g/mol. The van der Waals surface area contributed by atoms with Gasteiger partial charge < -0.3 is 14.8 Å². The molecule has 1 amide bonds. The van der Waals surface area contributed by atoms with Gasteiger partial charge in [-0.25, -0.2) is 0 Å². The summed E-state index contributed by atoms with van der Waals surface area (Å²) in [7, 11) is 0. The minimum absolute atomic E-state index is 0.0625. The van der Waals surface area contributed by atoms with Crippen LogP contribution in [0.1, 0.15) is 42.8 Å². The molecule has 23 heavy (non-hydrogen) atoms. The molecule has 0 bridgehead atoms. The van der Waals surface area contributed by atoms with Crippen LogP contribution in [0, 0.1) is 5.92 Å². The van der Waals surface area contributed by atoms with Crippen LogP contribution in [0.2, 0.25) is 0 Å². The van der Waals surface area contributed by atoms with Gasteiger partial charge in [0.05, 0.1) is 5.92 Å². The van der Waals surface area contributed by atoms with Crippen LogP contribution in [0.3, 0.4) is 0 Å². The molecule has 5 heteroatoms. The van der Waals surface area contributed by atoms with Gasteiger partial charge in [0.25, 0.3) is 5.91 Å². The number of hydrogen-bond donors (Lipinski definition) is 2. The summed E-state index contributed by atoms with van der Waals surface area (Å²) in [6.45, 7) is 5.83. The van der Waals surface area contributed by atoms with E-state index in [4.69, 9.17) is 9.52 Å². The lowest BCUT2D eigenvalue weighted by Crippen LogP contribution is -2.31. The highest BCUT2D eigenvalue weighted by Crippen LogP contribution is 2.25. The second kappa shape index (κ2) is 7.13. The van der Waals surface area contributed by atoms with Crippen molar-refractivity contribution in [3.05, 3.63) is 47.7 Å². The number of nitrogens with one attached hydrogen (secondary N) is 1. The van der Waals surface area contributed by atoms with Gasteiger partial charge in [-0.2, -0.15) is 0 Å². The van der Waals surface area contributed by atoms with E-state index in [-0.39, 0.29) is 12.3 Å². The Hall–Kier alpha value is -2.56. The Kier molecular flexibility index (Phi) is 5.21. The molecule has 0 aliphatic carbocycles. The van der Waals surface area contributed by atoms with Gasteiger partial charge in [0.2, 0.25) is 0 Å². The number of aliphatic carboxylic acids is 1. The summed E-state index contributed by atoms with van der Waals surface area (Å²) < 4.78 is 5.60. The number of hydrogen-bond acceptors (Lipinski definition) is 3. The maximum absolute atomic E-state index is 12.0. The summed E-state index contributed by atoms with van der Waals surface area (Å²) in [5, 5.41) is 11.4. The van der Waals surface area contributed by atoms with Gasteiger partial charge in [-0.3, -0.25) is 9.59 Å². The van der Waals surface area contributed by atoms with Crippen LogP contribution in [0.15, 0.2) is 40.8 Å². The first-order valence-corrected chi connectivity index (χ1v) is 7.59. The highest BCUT2D eigenvalue weighted by molar-refractivity contribution is 5.92. The van der Waals surface area contributed by atoms with Gasteiger partial charge in [-0.1, -0.05) is 39.0 Å². The van der Waals surface area contributed by atoms with Crippen LogP contribution in [-0.4, -0.2) is 23.5 Å². The number of furan rings is 1.